The van der Waals surface area contributed by atoms with Crippen LogP contribution >= 0.6 is 22.9 Å². The van der Waals surface area contributed by atoms with E-state index in [1.165, 1.54) is 11.3 Å². The first-order valence-electron chi connectivity index (χ1n) is 4.81. The van der Waals surface area contributed by atoms with Crippen LogP contribution in [0.3, 0.4) is 0 Å². The van der Waals surface area contributed by atoms with E-state index in [9.17, 15) is 4.79 Å². The predicted octanol–water partition coefficient (Wildman–Crippen LogP) is 3.03. The molecule has 0 saturated carbocycles. The average molecular weight is 269 g/mol. The molecule has 6 heteroatoms. The first kappa shape index (κ1) is 11.9. The number of halogens is 1. The van der Waals surface area contributed by atoms with Gasteiger partial charge in [0.25, 0.3) is 0 Å². The summed E-state index contributed by atoms with van der Waals surface area (Å²) in [5.41, 5.74) is 0.653. The summed E-state index contributed by atoms with van der Waals surface area (Å²) in [4.78, 5) is 15.2. The summed E-state index contributed by atoms with van der Waals surface area (Å²) in [6, 6.07) is 6.06. The van der Waals surface area contributed by atoms with Gasteiger partial charge in [0.05, 0.1) is 0 Å². The zero-order chi connectivity index (χ0) is 12.3. The Morgan fingerprint density at radius 1 is 1.53 bits per heavy atom. The summed E-state index contributed by atoms with van der Waals surface area (Å²) in [6.07, 6.45) is 1.58. The van der Waals surface area contributed by atoms with Gasteiger partial charge in [0.15, 0.2) is 6.04 Å². The van der Waals surface area contributed by atoms with Crippen molar-refractivity contribution in [2.45, 2.75) is 6.04 Å². The summed E-state index contributed by atoms with van der Waals surface area (Å²) in [7, 11) is 0. The normalized spacial score (nSPS) is 12.1. The molecule has 1 aromatic heterocycles. The number of aliphatic carboxylic acids is 1. The average Bonchev–Trinajstić information content (AvgIpc) is 2.78. The molecular formula is C11H9ClN2O2S. The summed E-state index contributed by atoms with van der Waals surface area (Å²) >= 11 is 7.13. The van der Waals surface area contributed by atoms with Gasteiger partial charge in [-0.3, -0.25) is 0 Å². The number of hydrogen-bond donors (Lipinski definition) is 2. The number of carbonyl (C=O) groups is 1. The van der Waals surface area contributed by atoms with Crippen LogP contribution in [0.1, 0.15) is 11.0 Å². The van der Waals surface area contributed by atoms with Crippen LogP contribution in [0.5, 0.6) is 0 Å². The van der Waals surface area contributed by atoms with Crippen molar-refractivity contribution in [2.75, 3.05) is 5.32 Å². The highest BCUT2D eigenvalue weighted by molar-refractivity contribution is 7.09. The van der Waals surface area contributed by atoms with Gasteiger partial charge >= 0.3 is 5.97 Å². The largest absolute Gasteiger partial charge is 0.479 e. The Kier molecular flexibility index (Phi) is 3.61. The highest BCUT2D eigenvalue weighted by atomic mass is 35.5. The van der Waals surface area contributed by atoms with Crippen molar-refractivity contribution < 1.29 is 9.90 Å². The smallest absolute Gasteiger partial charge is 0.333 e. The highest BCUT2D eigenvalue weighted by Gasteiger charge is 2.21. The van der Waals surface area contributed by atoms with E-state index in [4.69, 9.17) is 16.7 Å². The molecule has 0 spiro atoms. The molecule has 1 aromatic carbocycles. The second-order valence-electron chi connectivity index (χ2n) is 3.30. The van der Waals surface area contributed by atoms with Gasteiger partial charge in [0.2, 0.25) is 0 Å². The minimum absolute atomic E-state index is 0.512. The Morgan fingerprint density at radius 3 is 2.94 bits per heavy atom. The molecule has 0 aliphatic rings. The third-order valence-electron chi connectivity index (χ3n) is 2.08. The summed E-state index contributed by atoms with van der Waals surface area (Å²) in [6.45, 7) is 0. The van der Waals surface area contributed by atoms with Gasteiger partial charge in [-0.2, -0.15) is 0 Å². The van der Waals surface area contributed by atoms with Crippen molar-refractivity contribution in [3.63, 3.8) is 0 Å². The number of nitrogens with zero attached hydrogens (tertiary/aromatic N) is 1. The van der Waals surface area contributed by atoms with E-state index in [0.717, 1.165) is 0 Å². The minimum atomic E-state index is -0.972. The molecule has 2 aromatic rings. The van der Waals surface area contributed by atoms with Crippen molar-refractivity contribution in [2.24, 2.45) is 0 Å². The highest BCUT2D eigenvalue weighted by Crippen LogP contribution is 2.23. The maximum atomic E-state index is 11.2. The van der Waals surface area contributed by atoms with Crippen LogP contribution in [-0.2, 0) is 4.79 Å². The van der Waals surface area contributed by atoms with Crippen LogP contribution in [0.25, 0.3) is 0 Å². The van der Waals surface area contributed by atoms with Crippen LogP contribution in [0.15, 0.2) is 35.8 Å². The summed E-state index contributed by atoms with van der Waals surface area (Å²) < 4.78 is 0. The first-order chi connectivity index (χ1) is 8.16. The zero-order valence-corrected chi connectivity index (χ0v) is 10.2. The van der Waals surface area contributed by atoms with Gasteiger partial charge in [-0.15, -0.1) is 11.3 Å². The summed E-state index contributed by atoms with van der Waals surface area (Å²) in [5, 5.41) is 14.8. The molecule has 1 atom stereocenters. The molecule has 4 nitrogen and oxygen atoms in total. The molecule has 17 heavy (non-hydrogen) atoms. The van der Waals surface area contributed by atoms with Gasteiger partial charge in [0.1, 0.15) is 5.01 Å². The van der Waals surface area contributed by atoms with Crippen molar-refractivity contribution in [3.05, 3.63) is 45.9 Å². The lowest BCUT2D eigenvalue weighted by molar-refractivity contribution is -0.138. The molecule has 2 rings (SSSR count). The fourth-order valence-corrected chi connectivity index (χ4v) is 2.22. The van der Waals surface area contributed by atoms with E-state index < -0.39 is 12.0 Å². The molecule has 1 heterocycles. The molecule has 0 bridgehead atoms. The molecule has 0 aliphatic heterocycles. The van der Waals surface area contributed by atoms with Crippen LogP contribution in [0.2, 0.25) is 5.02 Å². The fraction of sp³-hybridized carbons (Fsp3) is 0.0909. The Balaban J connectivity index is 2.22. The Labute approximate surface area is 107 Å². The van der Waals surface area contributed by atoms with Crippen molar-refractivity contribution in [1.82, 2.24) is 4.98 Å². The number of benzene rings is 1. The minimum Gasteiger partial charge on any atom is -0.479 e. The fourth-order valence-electron chi connectivity index (χ4n) is 1.35. The lowest BCUT2D eigenvalue weighted by Crippen LogP contribution is -2.20. The van der Waals surface area contributed by atoms with Crippen LogP contribution in [0.4, 0.5) is 5.69 Å². The lowest BCUT2D eigenvalue weighted by Gasteiger charge is -2.13. The maximum Gasteiger partial charge on any atom is 0.333 e. The van der Waals surface area contributed by atoms with Gasteiger partial charge in [-0.05, 0) is 18.2 Å². The number of thiazole rings is 1. The predicted molar refractivity (Wildman–Crippen MR) is 67.6 cm³/mol. The van der Waals surface area contributed by atoms with Gasteiger partial charge in [-0.1, -0.05) is 17.7 Å². The third kappa shape index (κ3) is 2.95. The monoisotopic (exact) mass is 268 g/mol. The van der Waals surface area contributed by atoms with E-state index in [-0.39, 0.29) is 0 Å². The standard InChI is InChI=1S/C11H9ClN2O2S/c12-7-2-1-3-8(6-7)14-9(11(15)16)10-13-4-5-17-10/h1-6,9,14H,(H,15,16). The molecular weight excluding hydrogens is 260 g/mol. The van der Waals surface area contributed by atoms with Crippen LogP contribution in [0, 0.1) is 0 Å². The summed E-state index contributed by atoms with van der Waals surface area (Å²) in [5.74, 6) is -0.972. The van der Waals surface area contributed by atoms with E-state index in [2.05, 4.69) is 10.3 Å². The number of nitrogens with one attached hydrogen (secondary N) is 1. The lowest BCUT2D eigenvalue weighted by atomic mass is 10.2. The molecule has 0 fully saturated rings. The number of carboxylic acids is 1. The maximum absolute atomic E-state index is 11.2. The SMILES string of the molecule is O=C(O)C(Nc1cccc(Cl)c1)c1nccs1. The number of rotatable bonds is 4. The van der Waals surface area contributed by atoms with E-state index >= 15 is 0 Å². The van der Waals surface area contributed by atoms with E-state index in [1.807, 2.05) is 0 Å². The topological polar surface area (TPSA) is 62.2 Å². The molecule has 1 unspecified atom stereocenters. The molecule has 2 N–H and O–H groups in total. The quantitative estimate of drug-likeness (QED) is 0.895. The Bertz CT molecular complexity index is 516. The number of hydrogen-bond acceptors (Lipinski definition) is 4. The van der Waals surface area contributed by atoms with Crippen molar-refractivity contribution in [1.29, 1.82) is 0 Å². The number of aromatic nitrogens is 1. The van der Waals surface area contributed by atoms with Crippen LogP contribution < -0.4 is 5.32 Å². The van der Waals surface area contributed by atoms with Crippen LogP contribution in [-0.4, -0.2) is 16.1 Å². The van der Waals surface area contributed by atoms with E-state index in [1.54, 1.807) is 35.8 Å². The van der Waals surface area contributed by atoms with Crippen molar-refractivity contribution in [3.8, 4) is 0 Å². The van der Waals surface area contributed by atoms with Crippen molar-refractivity contribution >= 4 is 34.6 Å². The number of anilines is 1. The molecule has 88 valence electrons. The Morgan fingerprint density at radius 2 is 2.35 bits per heavy atom. The second-order valence-corrected chi connectivity index (χ2v) is 4.66. The van der Waals surface area contributed by atoms with E-state index in [0.29, 0.717) is 15.7 Å². The molecule has 0 radical (unpaired) electrons. The number of carboxylic acid groups (broad SMARTS) is 1. The zero-order valence-electron chi connectivity index (χ0n) is 8.63. The molecule has 0 amide bonds. The third-order valence-corrected chi connectivity index (χ3v) is 3.16. The first-order valence-corrected chi connectivity index (χ1v) is 6.07. The van der Waals surface area contributed by atoms with Gasteiger partial charge in [0, 0.05) is 22.3 Å². The van der Waals surface area contributed by atoms with Gasteiger partial charge in [-0.25, -0.2) is 9.78 Å². The molecule has 0 saturated heterocycles. The van der Waals surface area contributed by atoms with Gasteiger partial charge < -0.3 is 10.4 Å². The second kappa shape index (κ2) is 5.16. The Hall–Kier alpha value is -1.59. The molecule has 0 aliphatic carbocycles.